The summed E-state index contributed by atoms with van der Waals surface area (Å²) in [5.74, 6) is 0.993. The third kappa shape index (κ3) is 3.00. The number of benzene rings is 2. The maximum absolute atomic E-state index is 13.6. The van der Waals surface area contributed by atoms with Gasteiger partial charge in [0.05, 0.1) is 11.1 Å². The molecule has 0 radical (unpaired) electrons. The maximum Gasteiger partial charge on any atom is 0.165 e. The quantitative estimate of drug-likeness (QED) is 0.684. The monoisotopic (exact) mass is 338 g/mol. The Hall–Kier alpha value is -2.73. The number of phenols is 1. The van der Waals surface area contributed by atoms with Crippen molar-refractivity contribution in [3.05, 3.63) is 48.3 Å². The molecule has 0 aliphatic carbocycles. The van der Waals surface area contributed by atoms with Crippen LogP contribution in [0.25, 0.3) is 22.3 Å². The number of para-hydroxylation sites is 1. The summed E-state index contributed by atoms with van der Waals surface area (Å²) < 4.78 is 13.6. The topological polar surface area (TPSA) is 70.1 Å². The number of fused-ring (bicyclic) bond motifs is 1. The van der Waals surface area contributed by atoms with Gasteiger partial charge in [0.25, 0.3) is 0 Å². The summed E-state index contributed by atoms with van der Waals surface area (Å²) in [6.45, 7) is 4.00. The molecule has 3 N–H and O–H groups in total. The average Bonchev–Trinajstić information content (AvgIpc) is 3.02. The standard InChI is InChI=1S/C19H19FN4O/c1-11-9-21-10-16(11)23-18-13-4-2-3-5-15(13)22-19(24-18)14-8-12(20)6-7-17(14)25/h2-8,11,16,21,25H,9-10H2,1H3,(H,22,23,24)/t11-,16-/m1/s1. The molecule has 0 amide bonds. The number of aromatic nitrogens is 2. The fraction of sp³-hybridized carbons (Fsp3) is 0.263. The number of aromatic hydroxyl groups is 1. The van der Waals surface area contributed by atoms with Crippen LogP contribution in [-0.2, 0) is 0 Å². The number of phenolic OH excluding ortho intramolecular Hbond substituents is 1. The minimum Gasteiger partial charge on any atom is -0.507 e. The van der Waals surface area contributed by atoms with Crippen LogP contribution in [0.1, 0.15) is 6.92 Å². The van der Waals surface area contributed by atoms with Crippen LogP contribution >= 0.6 is 0 Å². The second-order valence-electron chi connectivity index (χ2n) is 6.46. The lowest BCUT2D eigenvalue weighted by Gasteiger charge is -2.19. The Labute approximate surface area is 144 Å². The van der Waals surface area contributed by atoms with Crippen molar-refractivity contribution in [3.8, 4) is 17.1 Å². The predicted octanol–water partition coefficient (Wildman–Crippen LogP) is 3.16. The van der Waals surface area contributed by atoms with Gasteiger partial charge in [0.1, 0.15) is 17.4 Å². The summed E-state index contributed by atoms with van der Waals surface area (Å²) in [4.78, 5) is 9.10. The normalized spacial score (nSPS) is 20.1. The molecule has 1 aromatic heterocycles. The van der Waals surface area contributed by atoms with Gasteiger partial charge in [0.2, 0.25) is 0 Å². The second kappa shape index (κ2) is 6.29. The smallest absolute Gasteiger partial charge is 0.165 e. The van der Waals surface area contributed by atoms with Crippen LogP contribution in [0.2, 0.25) is 0 Å². The molecule has 4 rings (SSSR count). The van der Waals surface area contributed by atoms with Crippen molar-refractivity contribution in [3.63, 3.8) is 0 Å². The Morgan fingerprint density at radius 2 is 2.00 bits per heavy atom. The van der Waals surface area contributed by atoms with Crippen LogP contribution in [0, 0.1) is 11.7 Å². The molecule has 128 valence electrons. The molecule has 6 heteroatoms. The third-order valence-corrected chi connectivity index (χ3v) is 4.64. The van der Waals surface area contributed by atoms with E-state index in [1.807, 2.05) is 24.3 Å². The molecule has 0 saturated carbocycles. The van der Waals surface area contributed by atoms with Crippen molar-refractivity contribution in [2.75, 3.05) is 18.4 Å². The van der Waals surface area contributed by atoms with Crippen LogP contribution in [0.4, 0.5) is 10.2 Å². The Morgan fingerprint density at radius 3 is 2.80 bits per heavy atom. The van der Waals surface area contributed by atoms with Gasteiger partial charge in [-0.15, -0.1) is 0 Å². The van der Waals surface area contributed by atoms with Crippen LogP contribution < -0.4 is 10.6 Å². The Morgan fingerprint density at radius 1 is 1.16 bits per heavy atom. The van der Waals surface area contributed by atoms with Gasteiger partial charge >= 0.3 is 0 Å². The zero-order valence-electron chi connectivity index (χ0n) is 13.8. The van der Waals surface area contributed by atoms with Crippen molar-refractivity contribution < 1.29 is 9.50 Å². The summed E-state index contributed by atoms with van der Waals surface area (Å²) in [5.41, 5.74) is 1.03. The minimum atomic E-state index is -0.437. The van der Waals surface area contributed by atoms with Crippen LogP contribution in [0.15, 0.2) is 42.5 Å². The van der Waals surface area contributed by atoms with Crippen molar-refractivity contribution in [2.24, 2.45) is 5.92 Å². The number of nitrogens with zero attached hydrogens (tertiary/aromatic N) is 2. The first-order chi connectivity index (χ1) is 12.1. The lowest BCUT2D eigenvalue weighted by Crippen LogP contribution is -2.27. The summed E-state index contributed by atoms with van der Waals surface area (Å²) >= 11 is 0. The van der Waals surface area contributed by atoms with Gasteiger partial charge in [-0.3, -0.25) is 0 Å². The zero-order chi connectivity index (χ0) is 17.4. The fourth-order valence-corrected chi connectivity index (χ4v) is 3.17. The molecule has 1 saturated heterocycles. The van der Waals surface area contributed by atoms with E-state index < -0.39 is 5.82 Å². The molecule has 1 aliphatic heterocycles. The number of hydrogen-bond donors (Lipinski definition) is 3. The highest BCUT2D eigenvalue weighted by atomic mass is 19.1. The molecule has 1 fully saturated rings. The average molecular weight is 338 g/mol. The highest BCUT2D eigenvalue weighted by Crippen LogP contribution is 2.31. The molecular formula is C19H19FN4O. The highest BCUT2D eigenvalue weighted by Gasteiger charge is 2.24. The molecule has 3 aromatic rings. The van der Waals surface area contributed by atoms with E-state index in [0.717, 1.165) is 24.0 Å². The minimum absolute atomic E-state index is 0.0430. The van der Waals surface area contributed by atoms with Gasteiger partial charge in [-0.05, 0) is 42.8 Å². The van der Waals surface area contributed by atoms with Crippen molar-refractivity contribution in [1.82, 2.24) is 15.3 Å². The molecule has 2 heterocycles. The Balaban J connectivity index is 1.84. The van der Waals surface area contributed by atoms with Gasteiger partial charge in [0.15, 0.2) is 5.82 Å². The van der Waals surface area contributed by atoms with Crippen molar-refractivity contribution >= 4 is 16.7 Å². The molecular weight excluding hydrogens is 319 g/mol. The molecule has 2 aromatic carbocycles. The van der Waals surface area contributed by atoms with E-state index in [1.54, 1.807) is 0 Å². The number of rotatable bonds is 3. The van der Waals surface area contributed by atoms with Gasteiger partial charge < -0.3 is 15.7 Å². The number of hydrogen-bond acceptors (Lipinski definition) is 5. The molecule has 0 unspecified atom stereocenters. The van der Waals surface area contributed by atoms with Gasteiger partial charge in [-0.2, -0.15) is 0 Å². The first kappa shape index (κ1) is 15.8. The van der Waals surface area contributed by atoms with E-state index in [1.165, 1.54) is 18.2 Å². The third-order valence-electron chi connectivity index (χ3n) is 4.64. The lowest BCUT2D eigenvalue weighted by atomic mass is 10.1. The first-order valence-electron chi connectivity index (χ1n) is 8.35. The first-order valence-corrected chi connectivity index (χ1v) is 8.35. The molecule has 0 bridgehead atoms. The van der Waals surface area contributed by atoms with Crippen molar-refractivity contribution in [1.29, 1.82) is 0 Å². The Kier molecular flexibility index (Phi) is 3.97. The Bertz CT molecular complexity index is 930. The predicted molar refractivity (Wildman–Crippen MR) is 96.0 cm³/mol. The van der Waals surface area contributed by atoms with Gasteiger partial charge in [0, 0.05) is 18.0 Å². The number of halogens is 1. The second-order valence-corrected chi connectivity index (χ2v) is 6.46. The van der Waals surface area contributed by atoms with E-state index in [2.05, 4.69) is 27.5 Å². The van der Waals surface area contributed by atoms with E-state index in [4.69, 9.17) is 0 Å². The SMILES string of the molecule is C[C@@H]1CNC[C@H]1Nc1nc(-c2cc(F)ccc2O)nc2ccccc12. The summed E-state index contributed by atoms with van der Waals surface area (Å²) in [7, 11) is 0. The van der Waals surface area contributed by atoms with E-state index >= 15 is 0 Å². The lowest BCUT2D eigenvalue weighted by molar-refractivity contribution is 0.475. The van der Waals surface area contributed by atoms with Crippen LogP contribution in [0.3, 0.4) is 0 Å². The molecule has 2 atom stereocenters. The van der Waals surface area contributed by atoms with Crippen molar-refractivity contribution in [2.45, 2.75) is 13.0 Å². The van der Waals surface area contributed by atoms with Crippen LogP contribution in [-0.4, -0.2) is 34.2 Å². The molecule has 25 heavy (non-hydrogen) atoms. The highest BCUT2D eigenvalue weighted by molar-refractivity contribution is 5.91. The summed E-state index contributed by atoms with van der Waals surface area (Å²) in [6.07, 6.45) is 0. The molecule has 0 spiro atoms. The van der Waals surface area contributed by atoms with E-state index in [-0.39, 0.29) is 17.4 Å². The number of nitrogens with one attached hydrogen (secondary N) is 2. The largest absolute Gasteiger partial charge is 0.507 e. The maximum atomic E-state index is 13.6. The summed E-state index contributed by atoms with van der Waals surface area (Å²) in [6, 6.07) is 11.7. The fourth-order valence-electron chi connectivity index (χ4n) is 3.17. The molecule has 1 aliphatic rings. The van der Waals surface area contributed by atoms with E-state index in [0.29, 0.717) is 17.6 Å². The van der Waals surface area contributed by atoms with Crippen LogP contribution in [0.5, 0.6) is 5.75 Å². The summed E-state index contributed by atoms with van der Waals surface area (Å²) in [5, 5.41) is 17.9. The van der Waals surface area contributed by atoms with Gasteiger partial charge in [-0.1, -0.05) is 19.1 Å². The zero-order valence-corrected chi connectivity index (χ0v) is 13.8. The number of anilines is 1. The van der Waals surface area contributed by atoms with Gasteiger partial charge in [-0.25, -0.2) is 14.4 Å². The van der Waals surface area contributed by atoms with E-state index in [9.17, 15) is 9.50 Å². The molecule has 5 nitrogen and oxygen atoms in total.